The molecule has 0 aliphatic rings. The van der Waals surface area contributed by atoms with E-state index < -0.39 is 5.97 Å². The average molecular weight is 204 g/mol. The summed E-state index contributed by atoms with van der Waals surface area (Å²) >= 11 is 0. The summed E-state index contributed by atoms with van der Waals surface area (Å²) in [7, 11) is 0. The molecule has 78 valence electrons. The molecule has 15 heavy (non-hydrogen) atoms. The Morgan fingerprint density at radius 3 is 2.53 bits per heavy atom. The van der Waals surface area contributed by atoms with Crippen LogP contribution in [-0.2, 0) is 0 Å². The largest absolute Gasteiger partial charge is 0.478 e. The zero-order chi connectivity index (χ0) is 11.3. The summed E-state index contributed by atoms with van der Waals surface area (Å²) in [6.45, 7) is 5.49. The van der Waals surface area contributed by atoms with E-state index in [0.29, 0.717) is 0 Å². The van der Waals surface area contributed by atoms with Gasteiger partial charge in [-0.15, -0.1) is 0 Å². The van der Waals surface area contributed by atoms with E-state index in [1.54, 1.807) is 18.3 Å². The molecule has 0 aliphatic heterocycles. The molecule has 0 aromatic heterocycles. The van der Waals surface area contributed by atoms with Crippen LogP contribution in [-0.4, -0.2) is 17.3 Å². The highest BCUT2D eigenvalue weighted by atomic mass is 16.4. The summed E-state index contributed by atoms with van der Waals surface area (Å²) in [5, 5.41) is 12.6. The molecule has 0 heterocycles. The van der Waals surface area contributed by atoms with Gasteiger partial charge in [0, 0.05) is 6.21 Å². The summed E-state index contributed by atoms with van der Waals surface area (Å²) in [5.41, 5.74) is 4.58. The number of carboxylic acid groups (broad SMARTS) is 1. The Morgan fingerprint density at radius 2 is 2.07 bits per heavy atom. The third-order valence-electron chi connectivity index (χ3n) is 1.61. The first-order valence-electron chi connectivity index (χ1n) is 4.37. The van der Waals surface area contributed by atoms with E-state index in [0.717, 1.165) is 11.3 Å². The molecule has 0 amide bonds. The third-order valence-corrected chi connectivity index (χ3v) is 1.61. The number of nitrogens with one attached hydrogen (secondary N) is 1. The smallest absolute Gasteiger partial charge is 0.335 e. The molecule has 0 aliphatic carbocycles. The predicted octanol–water partition coefficient (Wildman–Crippen LogP) is 2.36. The summed E-state index contributed by atoms with van der Waals surface area (Å²) in [5.74, 6) is -0.938. The van der Waals surface area contributed by atoms with Crippen molar-refractivity contribution in [1.82, 2.24) is 0 Å². The summed E-state index contributed by atoms with van der Waals surface area (Å²) in [4.78, 5) is 10.6. The van der Waals surface area contributed by atoms with Gasteiger partial charge >= 0.3 is 5.97 Å². The molecule has 0 saturated carbocycles. The number of carbonyl (C=O) groups is 1. The molecule has 0 radical (unpaired) electrons. The van der Waals surface area contributed by atoms with Crippen molar-refractivity contribution in [2.75, 3.05) is 5.43 Å². The van der Waals surface area contributed by atoms with Gasteiger partial charge in [-0.3, -0.25) is 5.43 Å². The monoisotopic (exact) mass is 204 g/mol. The van der Waals surface area contributed by atoms with E-state index in [4.69, 9.17) is 5.11 Å². The molecule has 0 unspecified atom stereocenters. The van der Waals surface area contributed by atoms with Crippen molar-refractivity contribution in [2.45, 2.75) is 6.92 Å². The van der Waals surface area contributed by atoms with Crippen LogP contribution in [0.25, 0.3) is 0 Å². The van der Waals surface area contributed by atoms with Gasteiger partial charge in [-0.2, -0.15) is 5.10 Å². The second-order valence-electron chi connectivity index (χ2n) is 3.10. The molecule has 4 heteroatoms. The van der Waals surface area contributed by atoms with Gasteiger partial charge in [0.05, 0.1) is 11.3 Å². The Balaban J connectivity index is 2.65. The standard InChI is InChI=1S/C11H12N2O2/c1-8(2)7-12-13-10-5-3-9(4-6-10)11(14)15/h3-7,13H,1H2,2H3,(H,14,15). The number of rotatable bonds is 4. The highest BCUT2D eigenvalue weighted by molar-refractivity contribution is 5.88. The first-order valence-corrected chi connectivity index (χ1v) is 4.37. The maximum Gasteiger partial charge on any atom is 0.335 e. The quantitative estimate of drug-likeness (QED) is 0.584. The molecular weight excluding hydrogens is 192 g/mol. The van der Waals surface area contributed by atoms with E-state index in [-0.39, 0.29) is 5.56 Å². The van der Waals surface area contributed by atoms with E-state index in [9.17, 15) is 4.79 Å². The van der Waals surface area contributed by atoms with Crippen molar-refractivity contribution in [3.63, 3.8) is 0 Å². The predicted molar refractivity (Wildman–Crippen MR) is 60.3 cm³/mol. The van der Waals surface area contributed by atoms with Gasteiger partial charge in [0.25, 0.3) is 0 Å². The van der Waals surface area contributed by atoms with Gasteiger partial charge in [0.15, 0.2) is 0 Å². The Morgan fingerprint density at radius 1 is 1.47 bits per heavy atom. The van der Waals surface area contributed by atoms with Crippen LogP contribution in [0.15, 0.2) is 41.5 Å². The Labute approximate surface area is 87.9 Å². The highest BCUT2D eigenvalue weighted by Gasteiger charge is 2.00. The summed E-state index contributed by atoms with van der Waals surface area (Å²) < 4.78 is 0. The molecule has 0 saturated heterocycles. The number of aromatic carboxylic acids is 1. The fourth-order valence-electron chi connectivity index (χ4n) is 0.904. The molecule has 4 nitrogen and oxygen atoms in total. The zero-order valence-electron chi connectivity index (χ0n) is 8.40. The molecule has 1 aromatic carbocycles. The van der Waals surface area contributed by atoms with Crippen molar-refractivity contribution in [1.29, 1.82) is 0 Å². The molecule has 2 N–H and O–H groups in total. The topological polar surface area (TPSA) is 61.7 Å². The zero-order valence-corrected chi connectivity index (χ0v) is 8.40. The van der Waals surface area contributed by atoms with Crippen LogP contribution in [0.1, 0.15) is 17.3 Å². The van der Waals surface area contributed by atoms with Crippen molar-refractivity contribution in [2.24, 2.45) is 5.10 Å². The lowest BCUT2D eigenvalue weighted by Gasteiger charge is -2.00. The Hall–Kier alpha value is -2.10. The lowest BCUT2D eigenvalue weighted by Crippen LogP contribution is -1.96. The minimum atomic E-state index is -0.938. The van der Waals surface area contributed by atoms with Crippen LogP contribution in [0.4, 0.5) is 5.69 Å². The van der Waals surface area contributed by atoms with Crippen molar-refractivity contribution in [3.8, 4) is 0 Å². The first-order chi connectivity index (χ1) is 7.09. The molecule has 0 fully saturated rings. The minimum Gasteiger partial charge on any atom is -0.478 e. The highest BCUT2D eigenvalue weighted by Crippen LogP contribution is 2.09. The van der Waals surface area contributed by atoms with Crippen molar-refractivity contribution >= 4 is 17.9 Å². The number of nitrogens with zero attached hydrogens (tertiary/aromatic N) is 1. The van der Waals surface area contributed by atoms with Gasteiger partial charge in [-0.25, -0.2) is 4.79 Å². The summed E-state index contributed by atoms with van der Waals surface area (Å²) in [6.07, 6.45) is 1.59. The number of carboxylic acids is 1. The SMILES string of the molecule is C=C(C)C=NNc1ccc(C(=O)O)cc1. The third kappa shape index (κ3) is 3.64. The van der Waals surface area contributed by atoms with Crippen LogP contribution in [0.5, 0.6) is 0 Å². The van der Waals surface area contributed by atoms with Gasteiger partial charge in [0.2, 0.25) is 0 Å². The van der Waals surface area contributed by atoms with Crippen molar-refractivity contribution < 1.29 is 9.90 Å². The number of hydrogen-bond acceptors (Lipinski definition) is 3. The molecule has 0 bridgehead atoms. The molecule has 0 spiro atoms. The van der Waals surface area contributed by atoms with Crippen LogP contribution in [0, 0.1) is 0 Å². The second-order valence-corrected chi connectivity index (χ2v) is 3.10. The lowest BCUT2D eigenvalue weighted by atomic mass is 10.2. The number of hydrazone groups is 1. The first kappa shape index (κ1) is 11.0. The fourth-order valence-corrected chi connectivity index (χ4v) is 0.904. The Kier molecular flexibility index (Phi) is 3.62. The normalized spacial score (nSPS) is 10.2. The van der Waals surface area contributed by atoms with Gasteiger partial charge in [0.1, 0.15) is 0 Å². The molecule has 1 aromatic rings. The van der Waals surface area contributed by atoms with E-state index in [1.165, 1.54) is 12.1 Å². The number of allylic oxidation sites excluding steroid dienone is 1. The number of hydrogen-bond donors (Lipinski definition) is 2. The van der Waals surface area contributed by atoms with E-state index in [1.807, 2.05) is 6.92 Å². The van der Waals surface area contributed by atoms with Crippen molar-refractivity contribution in [3.05, 3.63) is 42.0 Å². The molecule has 1 rings (SSSR count). The number of benzene rings is 1. The van der Waals surface area contributed by atoms with E-state index >= 15 is 0 Å². The van der Waals surface area contributed by atoms with Gasteiger partial charge < -0.3 is 5.11 Å². The second kappa shape index (κ2) is 4.95. The maximum atomic E-state index is 10.6. The number of anilines is 1. The molecule has 0 atom stereocenters. The lowest BCUT2D eigenvalue weighted by molar-refractivity contribution is 0.0697. The van der Waals surface area contributed by atoms with Gasteiger partial charge in [-0.05, 0) is 36.8 Å². The minimum absolute atomic E-state index is 0.254. The summed E-state index contributed by atoms with van der Waals surface area (Å²) in [6, 6.07) is 6.33. The van der Waals surface area contributed by atoms with Gasteiger partial charge in [-0.1, -0.05) is 6.58 Å². The van der Waals surface area contributed by atoms with E-state index in [2.05, 4.69) is 17.1 Å². The van der Waals surface area contributed by atoms with Crippen LogP contribution in [0.2, 0.25) is 0 Å². The van der Waals surface area contributed by atoms with Crippen LogP contribution in [0.3, 0.4) is 0 Å². The maximum absolute atomic E-state index is 10.6. The Bertz CT molecular complexity index is 394. The molecular formula is C11H12N2O2. The fraction of sp³-hybridized carbons (Fsp3) is 0.0909. The van der Waals surface area contributed by atoms with Crippen LogP contribution < -0.4 is 5.43 Å². The van der Waals surface area contributed by atoms with Crippen LogP contribution >= 0.6 is 0 Å². The average Bonchev–Trinajstić information content (AvgIpc) is 2.18.